The molecule has 0 bridgehead atoms. The van der Waals surface area contributed by atoms with Crippen LogP contribution in [0.25, 0.3) is 6.08 Å². The van der Waals surface area contributed by atoms with Gasteiger partial charge in [-0.15, -0.1) is 6.58 Å². The van der Waals surface area contributed by atoms with Gasteiger partial charge in [0, 0.05) is 23.0 Å². The summed E-state index contributed by atoms with van der Waals surface area (Å²) in [5.74, 6) is -0.682. The van der Waals surface area contributed by atoms with Gasteiger partial charge >= 0.3 is 5.97 Å². The van der Waals surface area contributed by atoms with Crippen molar-refractivity contribution in [2.75, 3.05) is 5.32 Å². The van der Waals surface area contributed by atoms with Crippen molar-refractivity contribution >= 4 is 23.4 Å². The summed E-state index contributed by atoms with van der Waals surface area (Å²) >= 11 is 0. The summed E-state index contributed by atoms with van der Waals surface area (Å²) in [5.41, 5.74) is 3.31. The number of phenols is 1. The lowest BCUT2D eigenvalue weighted by Crippen LogP contribution is -2.20. The Balaban J connectivity index is 2.24. The SMILES string of the molecule is C=CCC(C)(CC)c1cc(Nc2ccc(/C=C/C(=O)O)cc2)ccc1O. The van der Waals surface area contributed by atoms with Gasteiger partial charge in [0.25, 0.3) is 0 Å². The zero-order valence-corrected chi connectivity index (χ0v) is 15.2. The Morgan fingerprint density at radius 3 is 2.42 bits per heavy atom. The summed E-state index contributed by atoms with van der Waals surface area (Å²) in [4.78, 5) is 10.6. The number of allylic oxidation sites excluding steroid dienone is 1. The van der Waals surface area contributed by atoms with E-state index in [9.17, 15) is 9.90 Å². The van der Waals surface area contributed by atoms with Crippen LogP contribution in [0.4, 0.5) is 11.4 Å². The van der Waals surface area contributed by atoms with E-state index in [1.54, 1.807) is 12.1 Å². The Labute approximate surface area is 154 Å². The maximum Gasteiger partial charge on any atom is 0.328 e. The second-order valence-corrected chi connectivity index (χ2v) is 6.56. The molecule has 136 valence electrons. The molecule has 4 heteroatoms. The topological polar surface area (TPSA) is 69.6 Å². The van der Waals surface area contributed by atoms with Crippen LogP contribution in [0.5, 0.6) is 5.75 Å². The van der Waals surface area contributed by atoms with E-state index < -0.39 is 5.97 Å². The third-order valence-electron chi connectivity index (χ3n) is 4.64. The van der Waals surface area contributed by atoms with Gasteiger partial charge in [0.05, 0.1) is 0 Å². The summed E-state index contributed by atoms with van der Waals surface area (Å²) < 4.78 is 0. The first kappa shape index (κ1) is 19.3. The molecule has 1 atom stereocenters. The lowest BCUT2D eigenvalue weighted by Gasteiger charge is -2.29. The second kappa shape index (κ2) is 8.39. The van der Waals surface area contributed by atoms with E-state index in [2.05, 4.69) is 25.7 Å². The minimum absolute atomic E-state index is 0.172. The number of aliphatic carboxylic acids is 1. The molecule has 0 aromatic heterocycles. The number of carbonyl (C=O) groups is 1. The van der Waals surface area contributed by atoms with Crippen molar-refractivity contribution < 1.29 is 15.0 Å². The van der Waals surface area contributed by atoms with Gasteiger partial charge in [-0.2, -0.15) is 0 Å². The number of rotatable bonds is 8. The largest absolute Gasteiger partial charge is 0.508 e. The number of carboxylic acid groups (broad SMARTS) is 1. The molecule has 0 aliphatic heterocycles. The van der Waals surface area contributed by atoms with Crippen molar-refractivity contribution in [3.63, 3.8) is 0 Å². The molecule has 0 amide bonds. The molecule has 2 aromatic carbocycles. The van der Waals surface area contributed by atoms with Crippen LogP contribution in [0.1, 0.15) is 37.8 Å². The van der Waals surface area contributed by atoms with Crippen LogP contribution in [-0.2, 0) is 10.2 Å². The molecule has 0 saturated heterocycles. The predicted molar refractivity (Wildman–Crippen MR) is 107 cm³/mol. The monoisotopic (exact) mass is 351 g/mol. The number of hydrogen-bond acceptors (Lipinski definition) is 3. The third kappa shape index (κ3) is 4.76. The first-order valence-corrected chi connectivity index (χ1v) is 8.60. The number of anilines is 2. The zero-order valence-electron chi connectivity index (χ0n) is 15.2. The smallest absolute Gasteiger partial charge is 0.328 e. The molecule has 0 aliphatic rings. The normalized spacial score (nSPS) is 13.3. The van der Waals surface area contributed by atoms with Crippen molar-refractivity contribution in [1.29, 1.82) is 0 Å². The van der Waals surface area contributed by atoms with E-state index in [1.165, 1.54) is 0 Å². The molecule has 0 heterocycles. The van der Waals surface area contributed by atoms with Crippen LogP contribution in [0, 0.1) is 0 Å². The number of benzene rings is 2. The summed E-state index contributed by atoms with van der Waals surface area (Å²) in [6.07, 6.45) is 6.21. The molecule has 0 aliphatic carbocycles. The van der Waals surface area contributed by atoms with E-state index in [4.69, 9.17) is 5.11 Å². The van der Waals surface area contributed by atoms with Gasteiger partial charge in [-0.05, 0) is 60.2 Å². The fraction of sp³-hybridized carbons (Fsp3) is 0.227. The average Bonchev–Trinajstić information content (AvgIpc) is 2.62. The van der Waals surface area contributed by atoms with Crippen molar-refractivity contribution in [3.05, 3.63) is 72.3 Å². The molecule has 0 spiro atoms. The summed E-state index contributed by atoms with van der Waals surface area (Å²) in [7, 11) is 0. The quantitative estimate of drug-likeness (QED) is 0.335. The molecular weight excluding hydrogens is 326 g/mol. The summed E-state index contributed by atoms with van der Waals surface area (Å²) in [5, 5.41) is 22.3. The van der Waals surface area contributed by atoms with Crippen LogP contribution in [0.2, 0.25) is 0 Å². The Hall–Kier alpha value is -3.01. The van der Waals surface area contributed by atoms with Crippen molar-refractivity contribution in [1.82, 2.24) is 0 Å². The molecule has 0 radical (unpaired) electrons. The van der Waals surface area contributed by atoms with Crippen LogP contribution in [-0.4, -0.2) is 16.2 Å². The molecule has 2 rings (SSSR count). The Kier molecular flexibility index (Phi) is 6.23. The number of phenolic OH excluding ortho intramolecular Hbond substituents is 1. The molecule has 0 saturated carbocycles. The molecule has 2 aromatic rings. The van der Waals surface area contributed by atoms with E-state index >= 15 is 0 Å². The molecule has 3 N–H and O–H groups in total. The van der Waals surface area contributed by atoms with Gasteiger partial charge in [0.15, 0.2) is 0 Å². The van der Waals surface area contributed by atoms with Crippen LogP contribution >= 0.6 is 0 Å². The van der Waals surface area contributed by atoms with Crippen molar-refractivity contribution in [2.24, 2.45) is 0 Å². The first-order chi connectivity index (χ1) is 12.4. The highest BCUT2D eigenvalue weighted by atomic mass is 16.4. The summed E-state index contributed by atoms with van der Waals surface area (Å²) in [6, 6.07) is 13.0. The molecule has 1 unspecified atom stereocenters. The number of carboxylic acids is 1. The number of nitrogens with one attached hydrogen (secondary N) is 1. The predicted octanol–water partition coefficient (Wildman–Crippen LogP) is 5.48. The Morgan fingerprint density at radius 2 is 1.85 bits per heavy atom. The molecule has 26 heavy (non-hydrogen) atoms. The molecule has 0 fully saturated rings. The van der Waals surface area contributed by atoms with Gasteiger partial charge in [-0.3, -0.25) is 0 Å². The highest BCUT2D eigenvalue weighted by Crippen LogP contribution is 2.39. The van der Waals surface area contributed by atoms with E-state index in [0.29, 0.717) is 0 Å². The lowest BCUT2D eigenvalue weighted by atomic mass is 9.76. The van der Waals surface area contributed by atoms with Crippen molar-refractivity contribution in [3.8, 4) is 5.75 Å². The molecular formula is C22H25NO3. The van der Waals surface area contributed by atoms with Crippen LogP contribution in [0.3, 0.4) is 0 Å². The highest BCUT2D eigenvalue weighted by Gasteiger charge is 2.26. The van der Waals surface area contributed by atoms with Crippen molar-refractivity contribution in [2.45, 2.75) is 32.1 Å². The van der Waals surface area contributed by atoms with Crippen LogP contribution < -0.4 is 5.32 Å². The average molecular weight is 351 g/mol. The number of hydrogen-bond donors (Lipinski definition) is 3. The van der Waals surface area contributed by atoms with Gasteiger partial charge in [-0.25, -0.2) is 4.79 Å². The standard InChI is InChI=1S/C22H25NO3/c1-4-14-22(3,5-2)19-15-18(11-12-20(19)24)23-17-9-6-16(7-10-17)8-13-21(25)26/h4,6-13,15,23-24H,1,5,14H2,2-3H3,(H,25,26)/b13-8+. The summed E-state index contributed by atoms with van der Waals surface area (Å²) in [6.45, 7) is 8.06. The van der Waals surface area contributed by atoms with E-state index in [0.717, 1.165) is 41.4 Å². The van der Waals surface area contributed by atoms with Crippen LogP contribution in [0.15, 0.2) is 61.2 Å². The Bertz CT molecular complexity index is 809. The van der Waals surface area contributed by atoms with Gasteiger partial charge in [-0.1, -0.05) is 32.1 Å². The fourth-order valence-electron chi connectivity index (χ4n) is 2.87. The third-order valence-corrected chi connectivity index (χ3v) is 4.64. The maximum absolute atomic E-state index is 10.6. The fourth-order valence-corrected chi connectivity index (χ4v) is 2.87. The number of aromatic hydroxyl groups is 1. The lowest BCUT2D eigenvalue weighted by molar-refractivity contribution is -0.131. The van der Waals surface area contributed by atoms with Gasteiger partial charge < -0.3 is 15.5 Å². The van der Waals surface area contributed by atoms with E-state index in [1.807, 2.05) is 42.5 Å². The van der Waals surface area contributed by atoms with Gasteiger partial charge in [0.1, 0.15) is 5.75 Å². The zero-order chi connectivity index (χ0) is 19.2. The second-order valence-electron chi connectivity index (χ2n) is 6.56. The highest BCUT2D eigenvalue weighted by molar-refractivity contribution is 5.85. The Morgan fingerprint density at radius 1 is 1.19 bits per heavy atom. The van der Waals surface area contributed by atoms with Gasteiger partial charge in [0.2, 0.25) is 0 Å². The minimum atomic E-state index is -0.970. The first-order valence-electron chi connectivity index (χ1n) is 8.60. The minimum Gasteiger partial charge on any atom is -0.508 e. The maximum atomic E-state index is 10.6. The molecule has 4 nitrogen and oxygen atoms in total. The van der Waals surface area contributed by atoms with E-state index in [-0.39, 0.29) is 11.2 Å².